The Bertz CT molecular complexity index is 368. The molecule has 12 heavy (non-hydrogen) atoms. The first-order valence-corrected chi connectivity index (χ1v) is 2.95. The van der Waals surface area contributed by atoms with Gasteiger partial charge in [0.1, 0.15) is 0 Å². The maximum atomic E-state index is 10.2. The molecular formula is C6H4N4O2. The fourth-order valence-corrected chi connectivity index (χ4v) is 0.695. The van der Waals surface area contributed by atoms with Gasteiger partial charge in [-0.15, -0.1) is 0 Å². The van der Waals surface area contributed by atoms with Crippen molar-refractivity contribution in [3.8, 4) is 6.07 Å². The molecule has 0 radical (unpaired) electrons. The summed E-state index contributed by atoms with van der Waals surface area (Å²) in [7, 11) is 0. The molecule has 0 spiro atoms. The highest BCUT2D eigenvalue weighted by molar-refractivity contribution is 5.45. The Morgan fingerprint density at radius 2 is 2.33 bits per heavy atom. The van der Waals surface area contributed by atoms with Crippen molar-refractivity contribution in [1.29, 1.82) is 5.26 Å². The van der Waals surface area contributed by atoms with E-state index in [0.717, 1.165) is 6.07 Å². The largest absolute Gasteiger partial charge is 0.367 e. The highest BCUT2D eigenvalue weighted by Crippen LogP contribution is 2.12. The van der Waals surface area contributed by atoms with Gasteiger partial charge in [-0.25, -0.2) is 0 Å². The summed E-state index contributed by atoms with van der Waals surface area (Å²) in [5.41, 5.74) is 5.34. The van der Waals surface area contributed by atoms with Gasteiger partial charge < -0.3 is 15.8 Å². The summed E-state index contributed by atoms with van der Waals surface area (Å²) in [6.07, 6.45) is 0. The smallest absolute Gasteiger partial charge is 0.363 e. The first-order valence-electron chi connectivity index (χ1n) is 2.95. The van der Waals surface area contributed by atoms with Gasteiger partial charge in [0.25, 0.3) is 0 Å². The third kappa shape index (κ3) is 1.46. The fourth-order valence-electron chi connectivity index (χ4n) is 0.695. The summed E-state index contributed by atoms with van der Waals surface area (Å²) in [5, 5.41) is 18.6. The van der Waals surface area contributed by atoms with E-state index in [1.807, 2.05) is 0 Å². The predicted molar refractivity (Wildman–Crippen MR) is 40.0 cm³/mol. The molecule has 0 aliphatic heterocycles. The Balaban J connectivity index is 3.26. The molecule has 0 atom stereocenters. The first-order chi connectivity index (χ1) is 5.63. The highest BCUT2D eigenvalue weighted by Gasteiger charge is 2.10. The minimum Gasteiger partial charge on any atom is -0.363 e. The van der Waals surface area contributed by atoms with Gasteiger partial charge in [0.2, 0.25) is 5.82 Å². The zero-order chi connectivity index (χ0) is 9.14. The van der Waals surface area contributed by atoms with Crippen molar-refractivity contribution in [2.75, 3.05) is 5.73 Å². The molecule has 6 heteroatoms. The molecule has 2 N–H and O–H groups in total. The summed E-state index contributed by atoms with van der Waals surface area (Å²) in [6, 6.07) is 4.08. The quantitative estimate of drug-likeness (QED) is 0.478. The van der Waals surface area contributed by atoms with E-state index in [-0.39, 0.29) is 11.4 Å². The highest BCUT2D eigenvalue weighted by atomic mass is 16.6. The molecule has 0 aromatic carbocycles. The van der Waals surface area contributed by atoms with E-state index >= 15 is 0 Å². The first kappa shape index (κ1) is 7.94. The van der Waals surface area contributed by atoms with Crippen LogP contribution in [0.15, 0.2) is 12.1 Å². The van der Waals surface area contributed by atoms with Crippen LogP contribution in [0.2, 0.25) is 0 Å². The van der Waals surface area contributed by atoms with Gasteiger partial charge in [0.05, 0.1) is 17.7 Å². The van der Waals surface area contributed by atoms with E-state index in [0.29, 0.717) is 0 Å². The Morgan fingerprint density at radius 1 is 1.67 bits per heavy atom. The number of pyridine rings is 1. The Kier molecular flexibility index (Phi) is 1.88. The van der Waals surface area contributed by atoms with Crippen molar-refractivity contribution in [1.82, 2.24) is 4.98 Å². The Morgan fingerprint density at radius 3 is 2.83 bits per heavy atom. The topological polar surface area (TPSA) is 106 Å². The lowest BCUT2D eigenvalue weighted by Gasteiger charge is -1.92. The van der Waals surface area contributed by atoms with Crippen molar-refractivity contribution < 1.29 is 4.92 Å². The second-order valence-electron chi connectivity index (χ2n) is 2.01. The third-order valence-corrected chi connectivity index (χ3v) is 1.15. The lowest BCUT2D eigenvalue weighted by molar-refractivity contribution is -0.389. The molecule has 0 aliphatic rings. The molecule has 60 valence electrons. The molecular weight excluding hydrogens is 160 g/mol. The van der Waals surface area contributed by atoms with Crippen LogP contribution in [-0.4, -0.2) is 9.91 Å². The van der Waals surface area contributed by atoms with E-state index in [9.17, 15) is 10.1 Å². The lowest BCUT2D eigenvalue weighted by atomic mass is 10.3. The maximum Gasteiger partial charge on any atom is 0.367 e. The number of hydrogen-bond donors (Lipinski definition) is 1. The molecule has 1 aromatic heterocycles. The van der Waals surface area contributed by atoms with Crippen LogP contribution in [0.5, 0.6) is 0 Å². The third-order valence-electron chi connectivity index (χ3n) is 1.15. The van der Waals surface area contributed by atoms with Crippen LogP contribution < -0.4 is 5.73 Å². The summed E-state index contributed by atoms with van der Waals surface area (Å²) in [6.45, 7) is 0. The monoisotopic (exact) mass is 164 g/mol. The van der Waals surface area contributed by atoms with Crippen LogP contribution in [0, 0.1) is 21.4 Å². The molecule has 0 amide bonds. The fraction of sp³-hybridized carbons (Fsp3) is 0. The molecule has 0 unspecified atom stereocenters. The number of nitro groups is 1. The minimum atomic E-state index is -0.697. The lowest BCUT2D eigenvalue weighted by Crippen LogP contribution is -1.97. The van der Waals surface area contributed by atoms with Gasteiger partial charge >= 0.3 is 5.82 Å². The zero-order valence-electron chi connectivity index (χ0n) is 5.89. The minimum absolute atomic E-state index is 0.0271. The van der Waals surface area contributed by atoms with E-state index in [1.54, 1.807) is 6.07 Å². The summed E-state index contributed by atoms with van der Waals surface area (Å²) < 4.78 is 0. The van der Waals surface area contributed by atoms with Gasteiger partial charge in [-0.3, -0.25) is 0 Å². The van der Waals surface area contributed by atoms with Crippen LogP contribution in [0.25, 0.3) is 0 Å². The number of nitrogen functional groups attached to an aromatic ring is 1. The van der Waals surface area contributed by atoms with Gasteiger partial charge in [-0.2, -0.15) is 5.26 Å². The van der Waals surface area contributed by atoms with Crippen LogP contribution in [-0.2, 0) is 0 Å². The summed E-state index contributed by atoms with van der Waals surface area (Å²) in [4.78, 5) is 12.9. The summed E-state index contributed by atoms with van der Waals surface area (Å²) in [5.74, 6) is -0.438. The molecule has 0 bridgehead atoms. The molecule has 0 saturated carbocycles. The normalized spacial score (nSPS) is 8.92. The van der Waals surface area contributed by atoms with Gasteiger partial charge in [-0.1, -0.05) is 0 Å². The Hall–Kier alpha value is -2.16. The molecule has 1 heterocycles. The maximum absolute atomic E-state index is 10.2. The predicted octanol–water partition coefficient (Wildman–Crippen LogP) is 0.444. The Labute approximate surface area is 67.4 Å². The van der Waals surface area contributed by atoms with Crippen LogP contribution in [0.4, 0.5) is 11.6 Å². The summed E-state index contributed by atoms with van der Waals surface area (Å²) >= 11 is 0. The number of nitrogens with two attached hydrogens (primary N) is 1. The molecule has 0 aliphatic carbocycles. The van der Waals surface area contributed by atoms with E-state index < -0.39 is 10.7 Å². The van der Waals surface area contributed by atoms with Crippen molar-refractivity contribution in [2.24, 2.45) is 0 Å². The molecule has 0 saturated heterocycles. The van der Waals surface area contributed by atoms with Crippen LogP contribution in [0.3, 0.4) is 0 Å². The molecule has 0 fully saturated rings. The standard InChI is InChI=1S/C6H4N4O2/c7-3-4-1-5(8)9-6(2-4)10(11)12/h1-2H,(H2,8,9). The van der Waals surface area contributed by atoms with Crippen molar-refractivity contribution in [3.05, 3.63) is 27.8 Å². The van der Waals surface area contributed by atoms with Crippen molar-refractivity contribution >= 4 is 11.6 Å². The van der Waals surface area contributed by atoms with E-state index in [1.165, 1.54) is 6.07 Å². The number of rotatable bonds is 1. The number of nitriles is 1. The van der Waals surface area contributed by atoms with Crippen LogP contribution in [0.1, 0.15) is 5.56 Å². The van der Waals surface area contributed by atoms with E-state index in [2.05, 4.69) is 4.98 Å². The second kappa shape index (κ2) is 2.84. The van der Waals surface area contributed by atoms with E-state index in [4.69, 9.17) is 11.0 Å². The van der Waals surface area contributed by atoms with Crippen LogP contribution >= 0.6 is 0 Å². The average Bonchev–Trinajstić information content (AvgIpc) is 2.03. The second-order valence-corrected chi connectivity index (χ2v) is 2.01. The van der Waals surface area contributed by atoms with Gasteiger partial charge in [0, 0.05) is 6.07 Å². The zero-order valence-corrected chi connectivity index (χ0v) is 5.89. The molecule has 6 nitrogen and oxygen atoms in total. The number of anilines is 1. The van der Waals surface area contributed by atoms with Gasteiger partial charge in [-0.05, 0) is 9.91 Å². The molecule has 1 rings (SSSR count). The number of aromatic nitrogens is 1. The van der Waals surface area contributed by atoms with Crippen molar-refractivity contribution in [2.45, 2.75) is 0 Å². The van der Waals surface area contributed by atoms with Crippen molar-refractivity contribution in [3.63, 3.8) is 0 Å². The van der Waals surface area contributed by atoms with Gasteiger partial charge in [0.15, 0.2) is 0 Å². The molecule has 1 aromatic rings. The SMILES string of the molecule is N#Cc1cc(N)nc([N+](=O)[O-])c1. The number of hydrogen-bond acceptors (Lipinski definition) is 5. The average molecular weight is 164 g/mol. The number of nitrogens with zero attached hydrogens (tertiary/aromatic N) is 3.